The predicted octanol–water partition coefficient (Wildman–Crippen LogP) is 1.23. The summed E-state index contributed by atoms with van der Waals surface area (Å²) < 4.78 is 1.49. The number of hydrogen-bond acceptors (Lipinski definition) is 6. The lowest BCUT2D eigenvalue weighted by atomic mass is 9.96. The fourth-order valence-electron chi connectivity index (χ4n) is 1.28. The van der Waals surface area contributed by atoms with Crippen molar-refractivity contribution in [1.82, 2.24) is 24.8 Å². The van der Waals surface area contributed by atoms with E-state index in [0.717, 1.165) is 5.82 Å². The first-order valence-electron chi connectivity index (χ1n) is 5.14. The molecule has 0 saturated carbocycles. The summed E-state index contributed by atoms with van der Waals surface area (Å²) in [4.78, 5) is 8.20. The zero-order valence-electron chi connectivity index (χ0n) is 9.95. The molecule has 17 heavy (non-hydrogen) atoms. The zero-order valence-corrected chi connectivity index (χ0v) is 10.8. The maximum absolute atomic E-state index is 5.95. The summed E-state index contributed by atoms with van der Waals surface area (Å²) in [5.41, 5.74) is -0.141. The lowest BCUT2D eigenvalue weighted by molar-refractivity contribution is 0.523. The van der Waals surface area contributed by atoms with Gasteiger partial charge in [0.25, 0.3) is 0 Å². The van der Waals surface area contributed by atoms with Crippen LogP contribution in [0.1, 0.15) is 26.6 Å². The van der Waals surface area contributed by atoms with Crippen LogP contribution in [0, 0.1) is 0 Å². The van der Waals surface area contributed by atoms with Gasteiger partial charge in [-0.25, -0.2) is 14.6 Å². The van der Waals surface area contributed by atoms with Crippen molar-refractivity contribution in [2.24, 2.45) is 0 Å². The van der Waals surface area contributed by atoms with Crippen LogP contribution in [0.4, 0.5) is 0 Å². The lowest BCUT2D eigenvalue weighted by Crippen LogP contribution is -2.24. The second-order valence-corrected chi connectivity index (χ2v) is 5.49. The van der Waals surface area contributed by atoms with Crippen LogP contribution in [0.2, 0.25) is 0 Å². The molecule has 0 aromatic carbocycles. The average molecular weight is 250 g/mol. The SMILES string of the molecule is CC(C)(C)c1nnc(Sc2ncccn2)n1N. The van der Waals surface area contributed by atoms with Gasteiger partial charge in [0.1, 0.15) is 0 Å². The van der Waals surface area contributed by atoms with Crippen LogP contribution < -0.4 is 5.84 Å². The second kappa shape index (κ2) is 4.33. The summed E-state index contributed by atoms with van der Waals surface area (Å²) in [5, 5.41) is 9.33. The highest BCUT2D eigenvalue weighted by atomic mass is 32.2. The molecule has 0 amide bonds. The fraction of sp³-hybridized carbons (Fsp3) is 0.400. The van der Waals surface area contributed by atoms with Gasteiger partial charge in [0.2, 0.25) is 5.16 Å². The molecule has 2 N–H and O–H groups in total. The van der Waals surface area contributed by atoms with Crippen molar-refractivity contribution in [3.05, 3.63) is 24.3 Å². The Morgan fingerprint density at radius 1 is 1.18 bits per heavy atom. The second-order valence-electron chi connectivity index (χ2n) is 4.56. The molecule has 0 fully saturated rings. The molecule has 2 rings (SSSR count). The third-order valence-electron chi connectivity index (χ3n) is 2.06. The highest BCUT2D eigenvalue weighted by Gasteiger charge is 2.23. The van der Waals surface area contributed by atoms with Crippen LogP contribution in [-0.2, 0) is 5.41 Å². The van der Waals surface area contributed by atoms with Crippen LogP contribution in [0.15, 0.2) is 28.8 Å². The summed E-state index contributed by atoms with van der Waals surface area (Å²) in [7, 11) is 0. The minimum Gasteiger partial charge on any atom is -0.336 e. The highest BCUT2D eigenvalue weighted by molar-refractivity contribution is 7.99. The van der Waals surface area contributed by atoms with Gasteiger partial charge in [-0.1, -0.05) is 20.8 Å². The van der Waals surface area contributed by atoms with E-state index >= 15 is 0 Å². The van der Waals surface area contributed by atoms with E-state index in [4.69, 9.17) is 5.84 Å². The molecule has 0 aliphatic rings. The van der Waals surface area contributed by atoms with Crippen molar-refractivity contribution in [3.8, 4) is 0 Å². The van der Waals surface area contributed by atoms with Crippen LogP contribution in [0.25, 0.3) is 0 Å². The number of nitrogens with two attached hydrogens (primary N) is 1. The van der Waals surface area contributed by atoms with E-state index in [9.17, 15) is 0 Å². The van der Waals surface area contributed by atoms with Crippen molar-refractivity contribution < 1.29 is 0 Å². The Morgan fingerprint density at radius 3 is 2.35 bits per heavy atom. The lowest BCUT2D eigenvalue weighted by Gasteiger charge is -2.16. The standard InChI is InChI=1S/C10H14N6S/c1-10(2,3)7-14-15-9(16(7)11)17-8-12-5-4-6-13-8/h4-6H,11H2,1-3H3. The summed E-state index contributed by atoms with van der Waals surface area (Å²) in [6.45, 7) is 6.11. The van der Waals surface area contributed by atoms with Gasteiger partial charge >= 0.3 is 0 Å². The van der Waals surface area contributed by atoms with E-state index in [-0.39, 0.29) is 5.41 Å². The van der Waals surface area contributed by atoms with Crippen molar-refractivity contribution in [2.75, 3.05) is 5.84 Å². The van der Waals surface area contributed by atoms with Crippen LogP contribution in [0.5, 0.6) is 0 Å². The smallest absolute Gasteiger partial charge is 0.217 e. The van der Waals surface area contributed by atoms with Gasteiger partial charge in [-0.2, -0.15) is 0 Å². The topological polar surface area (TPSA) is 82.5 Å². The normalized spacial score (nSPS) is 11.7. The van der Waals surface area contributed by atoms with Crippen molar-refractivity contribution in [2.45, 2.75) is 36.5 Å². The largest absolute Gasteiger partial charge is 0.336 e. The van der Waals surface area contributed by atoms with Gasteiger partial charge in [0.15, 0.2) is 11.0 Å². The van der Waals surface area contributed by atoms with Crippen LogP contribution in [0.3, 0.4) is 0 Å². The first kappa shape index (κ1) is 11.8. The molecule has 0 atom stereocenters. The van der Waals surface area contributed by atoms with Gasteiger partial charge in [-0.3, -0.25) is 0 Å². The number of hydrogen-bond donors (Lipinski definition) is 1. The maximum Gasteiger partial charge on any atom is 0.217 e. The minimum atomic E-state index is -0.141. The maximum atomic E-state index is 5.95. The summed E-state index contributed by atoms with van der Waals surface area (Å²) >= 11 is 1.29. The molecule has 0 unspecified atom stereocenters. The molecule has 7 heteroatoms. The molecular weight excluding hydrogens is 236 g/mol. The molecule has 0 radical (unpaired) electrons. The Bertz CT molecular complexity index is 501. The third-order valence-corrected chi connectivity index (χ3v) is 2.91. The molecule has 0 aliphatic carbocycles. The molecule has 6 nitrogen and oxygen atoms in total. The third kappa shape index (κ3) is 2.55. The molecule has 0 bridgehead atoms. The van der Waals surface area contributed by atoms with Crippen molar-refractivity contribution >= 4 is 11.8 Å². The van der Waals surface area contributed by atoms with Crippen LogP contribution >= 0.6 is 11.8 Å². The van der Waals surface area contributed by atoms with Crippen molar-refractivity contribution in [1.29, 1.82) is 0 Å². The van der Waals surface area contributed by atoms with E-state index in [1.807, 2.05) is 20.8 Å². The molecule has 90 valence electrons. The Labute approximate surface area is 104 Å². The van der Waals surface area contributed by atoms with E-state index in [2.05, 4.69) is 20.2 Å². The van der Waals surface area contributed by atoms with Gasteiger partial charge in [-0.15, -0.1) is 10.2 Å². The highest BCUT2D eigenvalue weighted by Crippen LogP contribution is 2.25. The molecular formula is C10H14N6S. The number of aromatic nitrogens is 5. The number of nitrogens with zero attached hydrogens (tertiary/aromatic N) is 5. The van der Waals surface area contributed by atoms with Gasteiger partial charge < -0.3 is 5.84 Å². The molecule has 0 saturated heterocycles. The summed E-state index contributed by atoms with van der Waals surface area (Å²) in [6.07, 6.45) is 3.36. The van der Waals surface area contributed by atoms with Crippen LogP contribution in [-0.4, -0.2) is 24.8 Å². The Kier molecular flexibility index (Phi) is 3.01. The Morgan fingerprint density at radius 2 is 1.82 bits per heavy atom. The molecule has 2 aromatic rings. The summed E-state index contributed by atoms with van der Waals surface area (Å²) in [6, 6.07) is 1.76. The molecule has 2 heterocycles. The van der Waals surface area contributed by atoms with E-state index < -0.39 is 0 Å². The first-order chi connectivity index (χ1) is 7.98. The Hall–Kier alpha value is -1.63. The number of nitrogen functional groups attached to an aromatic ring is 1. The van der Waals surface area contributed by atoms with E-state index in [1.54, 1.807) is 18.5 Å². The Balaban J connectivity index is 2.27. The van der Waals surface area contributed by atoms with E-state index in [1.165, 1.54) is 16.4 Å². The predicted molar refractivity (Wildman–Crippen MR) is 65.0 cm³/mol. The first-order valence-corrected chi connectivity index (χ1v) is 5.96. The number of rotatable bonds is 2. The zero-order chi connectivity index (χ0) is 12.5. The van der Waals surface area contributed by atoms with Gasteiger partial charge in [0.05, 0.1) is 0 Å². The molecule has 0 aliphatic heterocycles. The molecule has 2 aromatic heterocycles. The molecule has 0 spiro atoms. The quantitative estimate of drug-likeness (QED) is 0.637. The van der Waals surface area contributed by atoms with Crippen molar-refractivity contribution in [3.63, 3.8) is 0 Å². The minimum absolute atomic E-state index is 0.141. The fourth-order valence-corrected chi connectivity index (χ4v) is 1.93. The van der Waals surface area contributed by atoms with Gasteiger partial charge in [0, 0.05) is 17.8 Å². The average Bonchev–Trinajstić information content (AvgIpc) is 2.61. The van der Waals surface area contributed by atoms with Gasteiger partial charge in [-0.05, 0) is 17.8 Å². The van der Waals surface area contributed by atoms with E-state index in [0.29, 0.717) is 10.3 Å². The summed E-state index contributed by atoms with van der Waals surface area (Å²) in [5.74, 6) is 6.68. The monoisotopic (exact) mass is 250 g/mol.